The quantitative estimate of drug-likeness (QED) is 0.464. The van der Waals surface area contributed by atoms with Gasteiger partial charge in [0.05, 0.1) is 12.3 Å². The van der Waals surface area contributed by atoms with Gasteiger partial charge in [-0.15, -0.1) is 0 Å². The van der Waals surface area contributed by atoms with E-state index < -0.39 is 27.5 Å². The van der Waals surface area contributed by atoms with Crippen molar-refractivity contribution in [2.45, 2.75) is 45.3 Å². The average Bonchev–Trinajstić information content (AvgIpc) is 3.32. The fraction of sp³-hybridized carbons (Fsp3) is 0.440. The minimum atomic E-state index is -4.70. The van der Waals surface area contributed by atoms with E-state index in [2.05, 4.69) is 20.2 Å². The minimum absolute atomic E-state index is 0.00159. The van der Waals surface area contributed by atoms with Crippen molar-refractivity contribution < 1.29 is 26.0 Å². The molecule has 0 radical (unpaired) electrons. The molecule has 1 N–H and O–H groups in total. The molecule has 0 saturated carbocycles. The third-order valence-electron chi connectivity index (χ3n) is 6.78. The highest BCUT2D eigenvalue weighted by Crippen LogP contribution is 2.39. The van der Waals surface area contributed by atoms with Gasteiger partial charge in [0, 0.05) is 37.2 Å². The van der Waals surface area contributed by atoms with Crippen LogP contribution in [0.5, 0.6) is 0 Å². The van der Waals surface area contributed by atoms with Gasteiger partial charge >= 0.3 is 6.18 Å². The highest BCUT2D eigenvalue weighted by atomic mass is 32.2. The van der Waals surface area contributed by atoms with Gasteiger partial charge in [0.15, 0.2) is 5.76 Å². The molecule has 1 aromatic carbocycles. The predicted octanol–water partition coefficient (Wildman–Crippen LogP) is 5.20. The van der Waals surface area contributed by atoms with Crippen LogP contribution in [0, 0.1) is 0 Å². The molecule has 12 heteroatoms. The summed E-state index contributed by atoms with van der Waals surface area (Å²) in [5.41, 5.74) is 0.995. The summed E-state index contributed by atoms with van der Waals surface area (Å²) in [5, 5.41) is 2.98. The Kier molecular flexibility index (Phi) is 6.88. The summed E-state index contributed by atoms with van der Waals surface area (Å²) < 4.78 is 73.0. The van der Waals surface area contributed by atoms with E-state index >= 15 is 0 Å². The van der Waals surface area contributed by atoms with E-state index in [-0.39, 0.29) is 30.6 Å². The first-order valence-corrected chi connectivity index (χ1v) is 13.9. The highest BCUT2D eigenvalue weighted by molar-refractivity contribution is 7.89. The van der Waals surface area contributed by atoms with Gasteiger partial charge in [0.1, 0.15) is 17.0 Å². The van der Waals surface area contributed by atoms with E-state index in [9.17, 15) is 21.6 Å². The van der Waals surface area contributed by atoms with Crippen LogP contribution < -0.4 is 10.2 Å². The number of hydrogen-bond acceptors (Lipinski definition) is 7. The number of nitrogens with zero attached hydrogens (tertiary/aromatic N) is 4. The lowest BCUT2D eigenvalue weighted by molar-refractivity contribution is -0.137. The molecule has 0 atom stereocenters. The lowest BCUT2D eigenvalue weighted by Crippen LogP contribution is -2.36. The summed E-state index contributed by atoms with van der Waals surface area (Å²) in [5.74, 6) is 0.193. The number of nitrogens with one attached hydrogen (secondary N) is 1. The Morgan fingerprint density at radius 3 is 2.49 bits per heavy atom. The standard InChI is InChI=1S/C25H28F3N5O3S/c1-2-37(34,35)33-13-10-17-14-21(36-22(17)16-33)23-20(25(26,27)28)15-29-24(31-23)30-18-6-8-19(9-7-18)32-11-4-3-5-12-32/h6-9,14-15H,2-5,10-13,16H2,1H3,(H,29,30,31). The molecule has 3 aromatic rings. The topological polar surface area (TPSA) is 91.6 Å². The summed E-state index contributed by atoms with van der Waals surface area (Å²) in [6.45, 7) is 3.79. The number of piperidine rings is 1. The molecule has 2 aliphatic rings. The molecule has 0 unspecified atom stereocenters. The molecule has 0 amide bonds. The molecular formula is C25H28F3N5O3S. The molecule has 198 valence electrons. The molecule has 1 fully saturated rings. The van der Waals surface area contributed by atoms with Crippen molar-refractivity contribution in [2.75, 3.05) is 35.6 Å². The Balaban J connectivity index is 1.42. The SMILES string of the molecule is CCS(=O)(=O)N1CCc2cc(-c3nc(Nc4ccc(N5CCCCC5)cc4)ncc3C(F)(F)F)oc2C1. The smallest absolute Gasteiger partial charge is 0.420 e. The molecule has 2 aliphatic heterocycles. The molecule has 37 heavy (non-hydrogen) atoms. The van der Waals surface area contributed by atoms with Crippen molar-refractivity contribution >= 4 is 27.3 Å². The van der Waals surface area contributed by atoms with Gasteiger partial charge < -0.3 is 14.6 Å². The largest absolute Gasteiger partial charge is 0.458 e. The zero-order chi connectivity index (χ0) is 26.2. The number of rotatable bonds is 6. The van der Waals surface area contributed by atoms with Crippen molar-refractivity contribution in [3.8, 4) is 11.5 Å². The molecule has 1 saturated heterocycles. The first kappa shape index (κ1) is 25.5. The maximum Gasteiger partial charge on any atom is 0.420 e. The van der Waals surface area contributed by atoms with Gasteiger partial charge in [0.2, 0.25) is 16.0 Å². The third kappa shape index (κ3) is 5.45. The van der Waals surface area contributed by atoms with Crippen LogP contribution in [0.3, 0.4) is 0 Å². The Bertz CT molecular complexity index is 1370. The molecule has 0 aliphatic carbocycles. The first-order chi connectivity index (χ1) is 17.6. The molecule has 5 rings (SSSR count). The van der Waals surface area contributed by atoms with Crippen LogP contribution >= 0.6 is 0 Å². The number of alkyl halides is 3. The minimum Gasteiger partial charge on any atom is -0.458 e. The average molecular weight is 536 g/mol. The van der Waals surface area contributed by atoms with E-state index in [1.807, 2.05) is 24.3 Å². The summed E-state index contributed by atoms with van der Waals surface area (Å²) in [7, 11) is -3.45. The fourth-order valence-corrected chi connectivity index (χ4v) is 5.76. The fourth-order valence-electron chi connectivity index (χ4n) is 4.71. The van der Waals surface area contributed by atoms with E-state index in [4.69, 9.17) is 4.42 Å². The normalized spacial score (nSPS) is 17.0. The van der Waals surface area contributed by atoms with Crippen LogP contribution in [0.25, 0.3) is 11.5 Å². The second kappa shape index (κ2) is 9.97. The van der Waals surface area contributed by atoms with Gasteiger partial charge in [-0.2, -0.15) is 17.5 Å². The maximum atomic E-state index is 13.8. The summed E-state index contributed by atoms with van der Waals surface area (Å²) in [6.07, 6.45) is -0.0654. The summed E-state index contributed by atoms with van der Waals surface area (Å²) in [6, 6.07) is 9.14. The molecule has 0 spiro atoms. The maximum absolute atomic E-state index is 13.8. The number of sulfonamides is 1. The van der Waals surface area contributed by atoms with Gasteiger partial charge in [-0.05, 0) is 68.5 Å². The van der Waals surface area contributed by atoms with Crippen molar-refractivity contribution in [2.24, 2.45) is 0 Å². The molecule has 0 bridgehead atoms. The molecular weight excluding hydrogens is 507 g/mol. The van der Waals surface area contributed by atoms with E-state index in [1.165, 1.54) is 16.8 Å². The van der Waals surface area contributed by atoms with Crippen LogP contribution in [0.15, 0.2) is 40.9 Å². The zero-order valence-corrected chi connectivity index (χ0v) is 21.2. The van der Waals surface area contributed by atoms with Crippen LogP contribution in [0.2, 0.25) is 0 Å². The monoisotopic (exact) mass is 535 g/mol. The number of hydrogen-bond donors (Lipinski definition) is 1. The Morgan fingerprint density at radius 2 is 1.81 bits per heavy atom. The highest BCUT2D eigenvalue weighted by Gasteiger charge is 2.37. The van der Waals surface area contributed by atoms with Crippen LogP contribution in [0.4, 0.5) is 30.5 Å². The third-order valence-corrected chi connectivity index (χ3v) is 8.61. The zero-order valence-electron chi connectivity index (χ0n) is 20.4. The Hall–Kier alpha value is -3.12. The second-order valence-corrected chi connectivity index (χ2v) is 11.5. The van der Waals surface area contributed by atoms with Crippen molar-refractivity contribution in [3.63, 3.8) is 0 Å². The van der Waals surface area contributed by atoms with E-state index in [1.54, 1.807) is 6.92 Å². The number of furan rings is 1. The summed E-state index contributed by atoms with van der Waals surface area (Å²) in [4.78, 5) is 10.4. The van der Waals surface area contributed by atoms with E-state index in [0.717, 1.165) is 37.8 Å². The predicted molar refractivity (Wildman–Crippen MR) is 134 cm³/mol. The summed E-state index contributed by atoms with van der Waals surface area (Å²) >= 11 is 0. The van der Waals surface area contributed by atoms with Gasteiger partial charge in [-0.1, -0.05) is 0 Å². The molecule has 4 heterocycles. The van der Waals surface area contributed by atoms with Crippen molar-refractivity contribution in [3.05, 3.63) is 53.4 Å². The molecule has 2 aromatic heterocycles. The number of benzene rings is 1. The number of halogens is 3. The van der Waals surface area contributed by atoms with Crippen LogP contribution in [-0.2, 0) is 29.2 Å². The van der Waals surface area contributed by atoms with E-state index in [0.29, 0.717) is 23.4 Å². The van der Waals surface area contributed by atoms with Gasteiger partial charge in [-0.3, -0.25) is 0 Å². The van der Waals surface area contributed by atoms with Crippen molar-refractivity contribution in [1.82, 2.24) is 14.3 Å². The van der Waals surface area contributed by atoms with Crippen LogP contribution in [-0.4, -0.2) is 48.1 Å². The first-order valence-electron chi connectivity index (χ1n) is 12.3. The van der Waals surface area contributed by atoms with Crippen molar-refractivity contribution in [1.29, 1.82) is 0 Å². The Morgan fingerprint density at radius 1 is 1.08 bits per heavy atom. The second-order valence-electron chi connectivity index (χ2n) is 9.22. The lowest BCUT2D eigenvalue weighted by Gasteiger charge is -2.28. The van der Waals surface area contributed by atoms with Crippen LogP contribution in [0.1, 0.15) is 43.1 Å². The number of fused-ring (bicyclic) bond motifs is 1. The van der Waals surface area contributed by atoms with Gasteiger partial charge in [-0.25, -0.2) is 18.4 Å². The van der Waals surface area contributed by atoms with Gasteiger partial charge in [0.25, 0.3) is 0 Å². The lowest BCUT2D eigenvalue weighted by atomic mass is 10.1. The Labute approximate surface area is 213 Å². The molecule has 8 nitrogen and oxygen atoms in total. The number of aromatic nitrogens is 2. The number of anilines is 3.